The van der Waals surface area contributed by atoms with E-state index in [1.54, 1.807) is 18.1 Å². The second-order valence-electron chi connectivity index (χ2n) is 9.29. The van der Waals surface area contributed by atoms with Crippen molar-refractivity contribution >= 4 is 27.5 Å². The normalized spacial score (nSPS) is 12.1. The standard InChI is InChI=1S/C28H41N3O5S/c1-7-17-29-28(33)26(8-2)30(20-23-12-15-25(36-5)16-13-23)27(32)10-9-18-31(37(6,34)35)24-14-11-21(3)22(4)19-24/h11-16,19,26H,7-10,17-18,20H2,1-6H3,(H,29,33)/t26-/m0/s1. The molecule has 0 saturated carbocycles. The average molecular weight is 532 g/mol. The van der Waals surface area contributed by atoms with Crippen LogP contribution in [0.4, 0.5) is 5.69 Å². The lowest BCUT2D eigenvalue weighted by Gasteiger charge is -2.31. The molecule has 1 N–H and O–H groups in total. The van der Waals surface area contributed by atoms with Crippen molar-refractivity contribution in [3.63, 3.8) is 0 Å². The van der Waals surface area contributed by atoms with Crippen molar-refractivity contribution in [2.75, 3.05) is 30.8 Å². The van der Waals surface area contributed by atoms with Gasteiger partial charge >= 0.3 is 0 Å². The molecule has 2 aromatic rings. The molecule has 0 spiro atoms. The summed E-state index contributed by atoms with van der Waals surface area (Å²) >= 11 is 0. The number of nitrogens with one attached hydrogen (secondary N) is 1. The van der Waals surface area contributed by atoms with Gasteiger partial charge < -0.3 is 15.0 Å². The average Bonchev–Trinajstić information content (AvgIpc) is 2.86. The van der Waals surface area contributed by atoms with Crippen molar-refractivity contribution in [2.45, 2.75) is 66.0 Å². The number of hydrogen-bond donors (Lipinski definition) is 1. The summed E-state index contributed by atoms with van der Waals surface area (Å²) in [6.07, 6.45) is 2.88. The van der Waals surface area contributed by atoms with Crippen LogP contribution in [0.2, 0.25) is 0 Å². The van der Waals surface area contributed by atoms with E-state index >= 15 is 0 Å². The fourth-order valence-electron chi connectivity index (χ4n) is 4.10. The molecule has 0 fully saturated rings. The Morgan fingerprint density at radius 2 is 1.70 bits per heavy atom. The molecule has 2 aromatic carbocycles. The molecule has 0 saturated heterocycles. The van der Waals surface area contributed by atoms with Gasteiger partial charge in [-0.25, -0.2) is 8.42 Å². The number of sulfonamides is 1. The van der Waals surface area contributed by atoms with Crippen molar-refractivity contribution in [1.82, 2.24) is 10.2 Å². The number of amides is 2. The van der Waals surface area contributed by atoms with E-state index in [0.29, 0.717) is 30.8 Å². The molecule has 37 heavy (non-hydrogen) atoms. The van der Waals surface area contributed by atoms with E-state index in [9.17, 15) is 18.0 Å². The summed E-state index contributed by atoms with van der Waals surface area (Å²) in [7, 11) is -1.94. The summed E-state index contributed by atoms with van der Waals surface area (Å²) in [5.41, 5.74) is 3.53. The van der Waals surface area contributed by atoms with Gasteiger partial charge in [-0.15, -0.1) is 0 Å². The molecule has 0 unspecified atom stereocenters. The summed E-state index contributed by atoms with van der Waals surface area (Å²) in [5.74, 6) is 0.337. The van der Waals surface area contributed by atoms with E-state index in [1.807, 2.05) is 64.1 Å². The van der Waals surface area contributed by atoms with E-state index in [-0.39, 0.29) is 31.3 Å². The Morgan fingerprint density at radius 3 is 2.24 bits per heavy atom. The van der Waals surface area contributed by atoms with Crippen LogP contribution in [-0.4, -0.2) is 57.6 Å². The molecule has 8 nitrogen and oxygen atoms in total. The van der Waals surface area contributed by atoms with Gasteiger partial charge in [-0.1, -0.05) is 32.0 Å². The van der Waals surface area contributed by atoms with Gasteiger partial charge in [0.25, 0.3) is 0 Å². The first-order valence-electron chi connectivity index (χ1n) is 12.8. The Bertz CT molecular complexity index is 1150. The van der Waals surface area contributed by atoms with Gasteiger partial charge in [-0.05, 0) is 74.1 Å². The van der Waals surface area contributed by atoms with E-state index < -0.39 is 16.1 Å². The summed E-state index contributed by atoms with van der Waals surface area (Å²) in [6.45, 7) is 8.75. The maximum Gasteiger partial charge on any atom is 0.242 e. The molecule has 0 aliphatic heterocycles. The minimum absolute atomic E-state index is 0.116. The highest BCUT2D eigenvalue weighted by Gasteiger charge is 2.28. The van der Waals surface area contributed by atoms with Crippen molar-refractivity contribution in [2.24, 2.45) is 0 Å². The molecule has 0 aromatic heterocycles. The predicted octanol–water partition coefficient (Wildman–Crippen LogP) is 4.19. The number of nitrogens with zero attached hydrogens (tertiary/aromatic N) is 2. The molecule has 1 atom stereocenters. The van der Waals surface area contributed by atoms with Crippen LogP contribution in [0, 0.1) is 13.8 Å². The fourth-order valence-corrected chi connectivity index (χ4v) is 5.06. The maximum atomic E-state index is 13.5. The Morgan fingerprint density at radius 1 is 1.03 bits per heavy atom. The highest BCUT2D eigenvalue weighted by molar-refractivity contribution is 7.92. The molecule has 0 radical (unpaired) electrons. The topological polar surface area (TPSA) is 96.0 Å². The first-order valence-corrected chi connectivity index (χ1v) is 14.6. The van der Waals surface area contributed by atoms with Gasteiger partial charge in [0.15, 0.2) is 0 Å². The number of aryl methyl sites for hydroxylation is 2. The molecule has 9 heteroatoms. The smallest absolute Gasteiger partial charge is 0.242 e. The lowest BCUT2D eigenvalue weighted by atomic mass is 10.1. The van der Waals surface area contributed by atoms with E-state index in [1.165, 1.54) is 10.6 Å². The summed E-state index contributed by atoms with van der Waals surface area (Å²) in [6, 6.07) is 12.3. The predicted molar refractivity (Wildman–Crippen MR) is 148 cm³/mol. The summed E-state index contributed by atoms with van der Waals surface area (Å²) < 4.78 is 31.7. The zero-order chi connectivity index (χ0) is 27.6. The number of rotatable bonds is 14. The largest absolute Gasteiger partial charge is 0.497 e. The van der Waals surface area contributed by atoms with Gasteiger partial charge in [-0.2, -0.15) is 0 Å². The molecule has 2 rings (SSSR count). The number of methoxy groups -OCH3 is 1. The van der Waals surface area contributed by atoms with Gasteiger partial charge in [0.05, 0.1) is 19.1 Å². The molecular weight excluding hydrogens is 490 g/mol. The molecule has 204 valence electrons. The van der Waals surface area contributed by atoms with Crippen LogP contribution in [0.1, 0.15) is 56.2 Å². The summed E-state index contributed by atoms with van der Waals surface area (Å²) in [4.78, 5) is 28.0. The zero-order valence-electron chi connectivity index (χ0n) is 22.9. The van der Waals surface area contributed by atoms with Crippen LogP contribution in [-0.2, 0) is 26.2 Å². The first kappa shape index (κ1) is 30.2. The maximum absolute atomic E-state index is 13.5. The fraction of sp³-hybridized carbons (Fsp3) is 0.500. The molecule has 0 aliphatic rings. The van der Waals surface area contributed by atoms with Crippen molar-refractivity contribution in [3.05, 3.63) is 59.2 Å². The second kappa shape index (κ2) is 14.0. The number of benzene rings is 2. The molecule has 2 amide bonds. The number of hydrogen-bond acceptors (Lipinski definition) is 5. The minimum Gasteiger partial charge on any atom is -0.497 e. The van der Waals surface area contributed by atoms with Crippen LogP contribution in [0.25, 0.3) is 0 Å². The Balaban J connectivity index is 2.22. The highest BCUT2D eigenvalue weighted by Crippen LogP contribution is 2.23. The van der Waals surface area contributed by atoms with Crippen LogP contribution in [0.15, 0.2) is 42.5 Å². The third-order valence-corrected chi connectivity index (χ3v) is 7.57. The number of ether oxygens (including phenoxy) is 1. The van der Waals surface area contributed by atoms with Gasteiger partial charge in [0.2, 0.25) is 21.8 Å². The van der Waals surface area contributed by atoms with Gasteiger partial charge in [0.1, 0.15) is 11.8 Å². The van der Waals surface area contributed by atoms with E-state index in [4.69, 9.17) is 4.74 Å². The third-order valence-electron chi connectivity index (χ3n) is 6.38. The molecule has 0 heterocycles. The van der Waals surface area contributed by atoms with Gasteiger partial charge in [-0.3, -0.25) is 13.9 Å². The van der Waals surface area contributed by atoms with Crippen molar-refractivity contribution in [1.29, 1.82) is 0 Å². The van der Waals surface area contributed by atoms with Crippen LogP contribution >= 0.6 is 0 Å². The van der Waals surface area contributed by atoms with Crippen LogP contribution in [0.5, 0.6) is 5.75 Å². The number of anilines is 1. The Kier molecular flexibility index (Phi) is 11.4. The first-order chi connectivity index (χ1) is 17.5. The van der Waals surface area contributed by atoms with E-state index in [0.717, 1.165) is 23.1 Å². The Labute approximate surface area is 222 Å². The van der Waals surface area contributed by atoms with Crippen molar-refractivity contribution in [3.8, 4) is 5.75 Å². The number of carbonyl (C=O) groups is 2. The van der Waals surface area contributed by atoms with Crippen LogP contribution < -0.4 is 14.4 Å². The molecule has 0 bridgehead atoms. The lowest BCUT2D eigenvalue weighted by molar-refractivity contribution is -0.141. The Hall–Kier alpha value is -3.07. The highest BCUT2D eigenvalue weighted by atomic mass is 32.2. The molecular formula is C28H41N3O5S. The zero-order valence-corrected chi connectivity index (χ0v) is 23.7. The minimum atomic E-state index is -3.53. The summed E-state index contributed by atoms with van der Waals surface area (Å²) in [5, 5.41) is 2.91. The van der Waals surface area contributed by atoms with E-state index in [2.05, 4.69) is 5.32 Å². The lowest BCUT2D eigenvalue weighted by Crippen LogP contribution is -2.49. The SMILES string of the molecule is CCCNC(=O)[C@H](CC)N(Cc1ccc(OC)cc1)C(=O)CCCN(c1ccc(C)c(C)c1)S(C)(=O)=O. The van der Waals surface area contributed by atoms with Crippen LogP contribution in [0.3, 0.4) is 0 Å². The van der Waals surface area contributed by atoms with Gasteiger partial charge in [0, 0.05) is 26.1 Å². The number of carbonyl (C=O) groups excluding carboxylic acids is 2. The second-order valence-corrected chi connectivity index (χ2v) is 11.2. The third kappa shape index (κ3) is 8.77. The van der Waals surface area contributed by atoms with Crippen molar-refractivity contribution < 1.29 is 22.7 Å². The monoisotopic (exact) mass is 531 g/mol. The molecule has 0 aliphatic carbocycles. The quantitative estimate of drug-likeness (QED) is 0.394.